The summed E-state index contributed by atoms with van der Waals surface area (Å²) in [5, 5.41) is 6.21. The number of rotatable bonds is 6. The Morgan fingerprint density at radius 3 is 2.59 bits per heavy atom. The smallest absolute Gasteiger partial charge is 0.246 e. The van der Waals surface area contributed by atoms with Gasteiger partial charge in [0.1, 0.15) is 11.6 Å². The average Bonchev–Trinajstić information content (AvgIpc) is 3.45. The van der Waals surface area contributed by atoms with Crippen LogP contribution in [-0.4, -0.2) is 53.0 Å². The first kappa shape index (κ1) is 23.1. The van der Waals surface area contributed by atoms with E-state index in [-0.39, 0.29) is 23.8 Å². The van der Waals surface area contributed by atoms with Crippen LogP contribution in [0.1, 0.15) is 56.6 Å². The summed E-state index contributed by atoms with van der Waals surface area (Å²) in [4.78, 5) is 42.4. The molecule has 5 rings (SSSR count). The van der Waals surface area contributed by atoms with Crippen molar-refractivity contribution in [3.63, 3.8) is 0 Å². The van der Waals surface area contributed by atoms with Crippen molar-refractivity contribution >= 4 is 23.4 Å². The summed E-state index contributed by atoms with van der Waals surface area (Å²) in [6.07, 6.45) is 9.33. The highest BCUT2D eigenvalue weighted by atomic mass is 16.5. The minimum absolute atomic E-state index is 0.140. The van der Waals surface area contributed by atoms with Crippen LogP contribution in [0.15, 0.2) is 30.4 Å². The quantitative estimate of drug-likeness (QED) is 0.632. The molecular weight excluding hydrogens is 430 g/mol. The SMILES string of the molecule is CCCN1C(=O)[C@H]2C(C(=O)Nc3ccc(C)c(C)c3)[C@H]3C=CC2(O3)C1C(=O)NC1CCCCC1. The number of hydrogen-bond donors (Lipinski definition) is 2. The molecule has 2 bridgehead atoms. The first-order chi connectivity index (χ1) is 16.4. The second-order valence-electron chi connectivity index (χ2n) is 10.4. The predicted octanol–water partition coefficient (Wildman–Crippen LogP) is 3.25. The first-order valence-electron chi connectivity index (χ1n) is 12.7. The zero-order valence-corrected chi connectivity index (χ0v) is 20.3. The highest BCUT2D eigenvalue weighted by molar-refractivity contribution is 6.02. The fourth-order valence-corrected chi connectivity index (χ4v) is 6.32. The van der Waals surface area contributed by atoms with Crippen molar-refractivity contribution in [1.29, 1.82) is 0 Å². The zero-order chi connectivity index (χ0) is 24.0. The maximum absolute atomic E-state index is 13.7. The standard InChI is InChI=1S/C27H35N3O4/c1-4-14-30-23(25(32)28-18-8-6-5-7-9-18)27-13-12-20(34-27)21(22(27)26(30)33)24(31)29-19-11-10-16(2)17(3)15-19/h10-13,15,18,20-23H,4-9,14H2,1-3H3,(H,28,32)(H,29,31)/t20-,21?,22-,23?,27?/m1/s1. The summed E-state index contributed by atoms with van der Waals surface area (Å²) in [6.45, 7) is 6.49. The van der Waals surface area contributed by atoms with Crippen molar-refractivity contribution in [2.75, 3.05) is 11.9 Å². The molecular formula is C27H35N3O4. The maximum Gasteiger partial charge on any atom is 0.246 e. The minimum Gasteiger partial charge on any atom is -0.359 e. The van der Waals surface area contributed by atoms with E-state index in [1.54, 1.807) is 4.90 Å². The Morgan fingerprint density at radius 2 is 1.88 bits per heavy atom. The van der Waals surface area contributed by atoms with Gasteiger partial charge in [0.2, 0.25) is 17.7 Å². The number of carbonyl (C=O) groups is 3. The molecule has 1 aromatic rings. The van der Waals surface area contributed by atoms with Gasteiger partial charge in [-0.15, -0.1) is 0 Å². The van der Waals surface area contributed by atoms with Gasteiger partial charge in [0.05, 0.1) is 17.9 Å². The summed E-state index contributed by atoms with van der Waals surface area (Å²) in [5.41, 5.74) is 1.86. The third kappa shape index (κ3) is 3.65. The van der Waals surface area contributed by atoms with Gasteiger partial charge in [0, 0.05) is 18.3 Å². The lowest BCUT2D eigenvalue weighted by atomic mass is 9.74. The molecule has 3 aliphatic heterocycles. The van der Waals surface area contributed by atoms with Crippen molar-refractivity contribution < 1.29 is 19.1 Å². The van der Waals surface area contributed by atoms with E-state index in [1.165, 1.54) is 6.42 Å². The van der Waals surface area contributed by atoms with Gasteiger partial charge in [-0.05, 0) is 56.4 Å². The summed E-state index contributed by atoms with van der Waals surface area (Å²) in [7, 11) is 0. The van der Waals surface area contributed by atoms with Crippen LogP contribution in [0.2, 0.25) is 0 Å². The minimum atomic E-state index is -1.08. The third-order valence-electron chi connectivity index (χ3n) is 8.12. The van der Waals surface area contributed by atoms with Gasteiger partial charge in [-0.1, -0.05) is 44.4 Å². The summed E-state index contributed by atoms with van der Waals surface area (Å²) in [5.74, 6) is -1.90. The Hall–Kier alpha value is -2.67. The monoisotopic (exact) mass is 465 g/mol. The number of aryl methyl sites for hydroxylation is 2. The molecule has 1 aliphatic carbocycles. The topological polar surface area (TPSA) is 87.7 Å². The zero-order valence-electron chi connectivity index (χ0n) is 20.3. The van der Waals surface area contributed by atoms with Crippen LogP contribution in [0.25, 0.3) is 0 Å². The molecule has 1 spiro atoms. The number of hydrogen-bond acceptors (Lipinski definition) is 4. The fourth-order valence-electron chi connectivity index (χ4n) is 6.32. The van der Waals surface area contributed by atoms with Crippen LogP contribution in [0.4, 0.5) is 5.69 Å². The normalized spacial score (nSPS) is 32.2. The van der Waals surface area contributed by atoms with Crippen LogP contribution >= 0.6 is 0 Å². The molecule has 4 aliphatic rings. The fraction of sp³-hybridized carbons (Fsp3) is 0.593. The molecule has 2 N–H and O–H groups in total. The molecule has 1 aromatic carbocycles. The Balaban J connectivity index is 1.42. The third-order valence-corrected chi connectivity index (χ3v) is 8.12. The van der Waals surface area contributed by atoms with Gasteiger partial charge in [0.25, 0.3) is 0 Å². The van der Waals surface area contributed by atoms with Gasteiger partial charge in [0.15, 0.2) is 0 Å². The van der Waals surface area contributed by atoms with E-state index in [9.17, 15) is 14.4 Å². The van der Waals surface area contributed by atoms with Crippen LogP contribution < -0.4 is 10.6 Å². The van der Waals surface area contributed by atoms with E-state index in [1.807, 2.05) is 51.1 Å². The Bertz CT molecular complexity index is 1030. The van der Waals surface area contributed by atoms with Crippen molar-refractivity contribution in [1.82, 2.24) is 10.2 Å². The van der Waals surface area contributed by atoms with Crippen LogP contribution in [0.3, 0.4) is 0 Å². The van der Waals surface area contributed by atoms with Crippen molar-refractivity contribution in [3.8, 4) is 0 Å². The number of anilines is 1. The summed E-state index contributed by atoms with van der Waals surface area (Å²) in [6, 6.07) is 5.18. The molecule has 1 saturated carbocycles. The van der Waals surface area contributed by atoms with Crippen molar-refractivity contribution in [2.45, 2.75) is 83.1 Å². The average molecular weight is 466 g/mol. The lowest BCUT2D eigenvalue weighted by molar-refractivity contribution is -0.141. The number of carbonyl (C=O) groups excluding carboxylic acids is 3. The largest absolute Gasteiger partial charge is 0.359 e. The lowest BCUT2D eigenvalue weighted by Gasteiger charge is -2.34. The molecule has 0 aromatic heterocycles. The molecule has 3 heterocycles. The number of ether oxygens (including phenoxy) is 1. The van der Waals surface area contributed by atoms with E-state index in [4.69, 9.17) is 4.74 Å². The second-order valence-corrected chi connectivity index (χ2v) is 10.4. The predicted molar refractivity (Wildman–Crippen MR) is 129 cm³/mol. The Kier molecular flexibility index (Phi) is 6.00. The summed E-state index contributed by atoms with van der Waals surface area (Å²) >= 11 is 0. The number of nitrogens with one attached hydrogen (secondary N) is 2. The second kappa shape index (κ2) is 8.84. The van der Waals surface area contributed by atoms with Crippen LogP contribution in [-0.2, 0) is 19.1 Å². The molecule has 182 valence electrons. The van der Waals surface area contributed by atoms with Gasteiger partial charge >= 0.3 is 0 Å². The van der Waals surface area contributed by atoms with Crippen molar-refractivity contribution in [3.05, 3.63) is 41.5 Å². The Labute approximate surface area is 201 Å². The number of benzene rings is 1. The number of nitrogens with zero attached hydrogens (tertiary/aromatic N) is 1. The van der Waals surface area contributed by atoms with Crippen LogP contribution in [0.5, 0.6) is 0 Å². The molecule has 34 heavy (non-hydrogen) atoms. The highest BCUT2D eigenvalue weighted by Crippen LogP contribution is 2.55. The molecule has 7 nitrogen and oxygen atoms in total. The summed E-state index contributed by atoms with van der Waals surface area (Å²) < 4.78 is 6.37. The highest BCUT2D eigenvalue weighted by Gasteiger charge is 2.72. The number of likely N-dealkylation sites (tertiary alicyclic amines) is 1. The van der Waals surface area contributed by atoms with E-state index < -0.39 is 29.6 Å². The molecule has 3 fully saturated rings. The number of fused-ring (bicyclic) bond motifs is 1. The maximum atomic E-state index is 13.7. The molecule has 7 heteroatoms. The van der Waals surface area contributed by atoms with Gasteiger partial charge in [-0.3, -0.25) is 14.4 Å². The molecule has 3 unspecified atom stereocenters. The molecule has 0 radical (unpaired) electrons. The molecule has 2 saturated heterocycles. The van der Waals surface area contributed by atoms with E-state index >= 15 is 0 Å². The van der Waals surface area contributed by atoms with Gasteiger partial charge in [-0.2, -0.15) is 0 Å². The first-order valence-corrected chi connectivity index (χ1v) is 12.7. The van der Waals surface area contributed by atoms with E-state index in [2.05, 4.69) is 10.6 Å². The van der Waals surface area contributed by atoms with E-state index in [0.29, 0.717) is 12.2 Å². The van der Waals surface area contributed by atoms with Gasteiger partial charge in [-0.25, -0.2) is 0 Å². The number of amides is 3. The molecule has 5 atom stereocenters. The van der Waals surface area contributed by atoms with Gasteiger partial charge < -0.3 is 20.3 Å². The Morgan fingerprint density at radius 1 is 1.12 bits per heavy atom. The van der Waals surface area contributed by atoms with Crippen molar-refractivity contribution in [2.24, 2.45) is 11.8 Å². The van der Waals surface area contributed by atoms with Crippen LogP contribution in [0, 0.1) is 25.7 Å². The lowest BCUT2D eigenvalue weighted by Crippen LogP contribution is -2.56. The molecule has 3 amide bonds. The van der Waals surface area contributed by atoms with E-state index in [0.717, 1.165) is 43.2 Å².